The topological polar surface area (TPSA) is 87.7 Å². The summed E-state index contributed by atoms with van der Waals surface area (Å²) in [5, 5.41) is 5.57. The summed E-state index contributed by atoms with van der Waals surface area (Å²) in [6.07, 6.45) is 4.40. The van der Waals surface area contributed by atoms with Crippen LogP contribution in [0.4, 0.5) is 4.79 Å². The number of nitrogens with zero attached hydrogens (tertiary/aromatic N) is 1. The van der Waals surface area contributed by atoms with Gasteiger partial charge in [-0.15, -0.1) is 0 Å². The van der Waals surface area contributed by atoms with Crippen molar-refractivity contribution in [2.45, 2.75) is 84.9 Å². The molecule has 2 rings (SSSR count). The number of benzene rings is 2. The fraction of sp³-hybridized carbons (Fsp3) is 0.500. The Hall–Kier alpha value is -3.35. The van der Waals surface area contributed by atoms with Crippen molar-refractivity contribution in [2.24, 2.45) is 0 Å². The first-order valence-electron chi connectivity index (χ1n) is 13.2. The normalized spacial score (nSPS) is 11.9. The van der Waals surface area contributed by atoms with Gasteiger partial charge in [-0.1, -0.05) is 92.8 Å². The lowest BCUT2D eigenvalue weighted by Crippen LogP contribution is -2.48. The van der Waals surface area contributed by atoms with Crippen LogP contribution in [0, 0.1) is 6.92 Å². The molecule has 7 nitrogen and oxygen atoms in total. The van der Waals surface area contributed by atoms with Crippen LogP contribution in [0.1, 0.15) is 82.5 Å². The molecular weight excluding hydrogens is 466 g/mol. The summed E-state index contributed by atoms with van der Waals surface area (Å²) in [6.45, 7) is 9.95. The minimum atomic E-state index is -0.816. The Labute approximate surface area is 222 Å². The van der Waals surface area contributed by atoms with Gasteiger partial charge in [0, 0.05) is 13.1 Å². The Morgan fingerprint density at radius 2 is 1.54 bits per heavy atom. The Bertz CT molecular complexity index is 984. The van der Waals surface area contributed by atoms with E-state index in [0.717, 1.165) is 48.8 Å². The first-order chi connectivity index (χ1) is 17.6. The van der Waals surface area contributed by atoms with Gasteiger partial charge in [-0.3, -0.25) is 9.59 Å². The Balaban J connectivity index is 2.26. The molecule has 0 bridgehead atoms. The summed E-state index contributed by atoms with van der Waals surface area (Å²) < 4.78 is 5.29. The van der Waals surface area contributed by atoms with E-state index in [0.29, 0.717) is 13.1 Å². The van der Waals surface area contributed by atoms with E-state index in [4.69, 9.17) is 4.74 Å². The molecule has 0 fully saturated rings. The SMILES string of the molecule is CCCCCCCN(C(=O)CNC(=O)OC(C)(C)C)C(C(=O)NCc1ccccc1)c1ccc(C)cc1. The van der Waals surface area contributed by atoms with Crippen molar-refractivity contribution in [3.63, 3.8) is 0 Å². The zero-order chi connectivity index (χ0) is 27.3. The zero-order valence-corrected chi connectivity index (χ0v) is 23.0. The smallest absolute Gasteiger partial charge is 0.408 e. The third kappa shape index (κ3) is 11.1. The van der Waals surface area contributed by atoms with Crippen LogP contribution in [0.2, 0.25) is 0 Å². The van der Waals surface area contributed by atoms with E-state index >= 15 is 0 Å². The molecule has 0 saturated carbocycles. The average molecular weight is 510 g/mol. The van der Waals surface area contributed by atoms with Crippen molar-refractivity contribution >= 4 is 17.9 Å². The fourth-order valence-electron chi connectivity index (χ4n) is 3.95. The number of carbonyl (C=O) groups is 3. The molecule has 3 amide bonds. The first-order valence-corrected chi connectivity index (χ1v) is 13.2. The second kappa shape index (κ2) is 15.0. The van der Waals surface area contributed by atoms with Crippen LogP contribution >= 0.6 is 0 Å². The highest BCUT2D eigenvalue weighted by molar-refractivity contribution is 5.90. The summed E-state index contributed by atoms with van der Waals surface area (Å²) in [5.41, 5.74) is 2.10. The molecule has 2 N–H and O–H groups in total. The predicted molar refractivity (Wildman–Crippen MR) is 147 cm³/mol. The minimum absolute atomic E-state index is 0.252. The van der Waals surface area contributed by atoms with Crippen molar-refractivity contribution in [3.05, 3.63) is 71.3 Å². The van der Waals surface area contributed by atoms with E-state index in [-0.39, 0.29) is 18.4 Å². The fourth-order valence-corrected chi connectivity index (χ4v) is 3.95. The monoisotopic (exact) mass is 509 g/mol. The van der Waals surface area contributed by atoms with E-state index in [9.17, 15) is 14.4 Å². The van der Waals surface area contributed by atoms with Gasteiger partial charge in [0.2, 0.25) is 11.8 Å². The molecule has 0 radical (unpaired) electrons. The second-order valence-corrected chi connectivity index (χ2v) is 10.4. The summed E-state index contributed by atoms with van der Waals surface area (Å²) in [6, 6.07) is 16.5. The lowest BCUT2D eigenvalue weighted by atomic mass is 10.0. The number of carbonyl (C=O) groups excluding carboxylic acids is 3. The average Bonchev–Trinajstić information content (AvgIpc) is 2.85. The first kappa shape index (κ1) is 29.9. The van der Waals surface area contributed by atoms with Gasteiger partial charge in [0.05, 0.1) is 0 Å². The van der Waals surface area contributed by atoms with E-state index in [2.05, 4.69) is 17.6 Å². The molecule has 1 unspecified atom stereocenters. The molecule has 0 aliphatic carbocycles. The number of aryl methyl sites for hydroxylation is 1. The molecule has 7 heteroatoms. The quantitative estimate of drug-likeness (QED) is 0.340. The summed E-state index contributed by atoms with van der Waals surface area (Å²) in [7, 11) is 0. The van der Waals surface area contributed by atoms with Crippen LogP contribution in [0.15, 0.2) is 54.6 Å². The van der Waals surface area contributed by atoms with Crippen molar-refractivity contribution in [3.8, 4) is 0 Å². The van der Waals surface area contributed by atoms with Gasteiger partial charge >= 0.3 is 6.09 Å². The number of unbranched alkanes of at least 4 members (excludes halogenated alkanes) is 4. The van der Waals surface area contributed by atoms with Crippen LogP contribution in [-0.2, 0) is 20.9 Å². The number of ether oxygens (including phenoxy) is 1. The maximum Gasteiger partial charge on any atom is 0.408 e. The van der Waals surface area contributed by atoms with Crippen LogP contribution in [0.5, 0.6) is 0 Å². The number of nitrogens with one attached hydrogen (secondary N) is 2. The second-order valence-electron chi connectivity index (χ2n) is 10.4. The van der Waals surface area contributed by atoms with Crippen molar-refractivity contribution < 1.29 is 19.1 Å². The molecule has 0 heterocycles. The van der Waals surface area contributed by atoms with E-state index < -0.39 is 17.7 Å². The molecule has 202 valence electrons. The molecule has 1 atom stereocenters. The number of hydrogen-bond donors (Lipinski definition) is 2. The van der Waals surface area contributed by atoms with Gasteiger partial charge in [-0.25, -0.2) is 4.79 Å². The Kier molecular flexibility index (Phi) is 12.1. The molecular formula is C30H43N3O4. The third-order valence-electron chi connectivity index (χ3n) is 5.87. The van der Waals surface area contributed by atoms with E-state index in [1.807, 2.05) is 61.5 Å². The largest absolute Gasteiger partial charge is 0.444 e. The van der Waals surface area contributed by atoms with Gasteiger partial charge in [0.1, 0.15) is 18.2 Å². The minimum Gasteiger partial charge on any atom is -0.444 e. The Morgan fingerprint density at radius 3 is 2.16 bits per heavy atom. The highest BCUT2D eigenvalue weighted by atomic mass is 16.6. The van der Waals surface area contributed by atoms with Crippen molar-refractivity contribution in [2.75, 3.05) is 13.1 Å². The highest BCUT2D eigenvalue weighted by Gasteiger charge is 2.31. The van der Waals surface area contributed by atoms with Gasteiger partial charge < -0.3 is 20.3 Å². The number of hydrogen-bond acceptors (Lipinski definition) is 4. The highest BCUT2D eigenvalue weighted by Crippen LogP contribution is 2.23. The lowest BCUT2D eigenvalue weighted by Gasteiger charge is -2.32. The standard InChI is InChI=1S/C30H43N3O4/c1-6-7-8-9-13-20-33(26(34)22-32-29(36)37-30(3,4)5)27(25-18-16-23(2)17-19-25)28(35)31-21-24-14-11-10-12-15-24/h10-12,14-19,27H,6-9,13,20-22H2,1-5H3,(H,31,35)(H,32,36). The summed E-state index contributed by atoms with van der Waals surface area (Å²) in [4.78, 5) is 40.9. The molecule has 0 aliphatic rings. The van der Waals surface area contributed by atoms with Gasteiger partial charge in [-0.2, -0.15) is 0 Å². The van der Waals surface area contributed by atoms with Crippen LogP contribution in [0.25, 0.3) is 0 Å². The van der Waals surface area contributed by atoms with Gasteiger partial charge in [0.25, 0.3) is 0 Å². The summed E-state index contributed by atoms with van der Waals surface area (Å²) >= 11 is 0. The molecule has 2 aromatic carbocycles. The van der Waals surface area contributed by atoms with Gasteiger partial charge in [-0.05, 0) is 45.2 Å². The molecule has 0 aromatic heterocycles. The molecule has 0 spiro atoms. The zero-order valence-electron chi connectivity index (χ0n) is 23.0. The Morgan fingerprint density at radius 1 is 0.892 bits per heavy atom. The molecule has 0 saturated heterocycles. The maximum absolute atomic E-state index is 13.6. The van der Waals surface area contributed by atoms with E-state index in [1.54, 1.807) is 25.7 Å². The molecule has 0 aliphatic heterocycles. The number of rotatable bonds is 13. The van der Waals surface area contributed by atoms with Crippen LogP contribution < -0.4 is 10.6 Å². The van der Waals surface area contributed by atoms with Gasteiger partial charge in [0.15, 0.2) is 0 Å². The van der Waals surface area contributed by atoms with Crippen LogP contribution in [0.3, 0.4) is 0 Å². The number of alkyl carbamates (subject to hydrolysis) is 1. The van der Waals surface area contributed by atoms with Crippen LogP contribution in [-0.4, -0.2) is 41.5 Å². The van der Waals surface area contributed by atoms with Crippen molar-refractivity contribution in [1.82, 2.24) is 15.5 Å². The van der Waals surface area contributed by atoms with E-state index in [1.165, 1.54) is 0 Å². The van der Waals surface area contributed by atoms with Crippen molar-refractivity contribution in [1.29, 1.82) is 0 Å². The third-order valence-corrected chi connectivity index (χ3v) is 5.87. The predicted octanol–water partition coefficient (Wildman–Crippen LogP) is 5.68. The lowest BCUT2D eigenvalue weighted by molar-refractivity contribution is -0.140. The molecule has 2 aromatic rings. The summed E-state index contributed by atoms with van der Waals surface area (Å²) in [5.74, 6) is -0.589. The molecule has 37 heavy (non-hydrogen) atoms. The maximum atomic E-state index is 13.6. The number of amides is 3.